The maximum absolute atomic E-state index is 12.3. The molecule has 1 N–H and O–H groups in total. The summed E-state index contributed by atoms with van der Waals surface area (Å²) < 4.78 is 0. The van der Waals surface area contributed by atoms with E-state index >= 15 is 0 Å². The molecule has 0 saturated heterocycles. The lowest BCUT2D eigenvalue weighted by Gasteiger charge is -2.17. The van der Waals surface area contributed by atoms with Crippen molar-refractivity contribution < 1.29 is 9.59 Å². The van der Waals surface area contributed by atoms with Crippen molar-refractivity contribution in [1.82, 2.24) is 5.32 Å². The second-order valence-corrected chi connectivity index (χ2v) is 5.87. The smallest absolute Gasteiger partial charge is 0.251 e. The number of halogens is 1. The van der Waals surface area contributed by atoms with Gasteiger partial charge in [0.25, 0.3) is 5.91 Å². The van der Waals surface area contributed by atoms with Gasteiger partial charge in [0.15, 0.2) is 0 Å². The third kappa shape index (κ3) is 3.54. The van der Waals surface area contributed by atoms with Crippen LogP contribution in [0.2, 0.25) is 5.02 Å². The number of carbonyl (C=O) groups is 2. The number of nitrogens with zero attached hydrogens (tertiary/aromatic N) is 1. The van der Waals surface area contributed by atoms with E-state index in [1.807, 2.05) is 24.3 Å². The van der Waals surface area contributed by atoms with E-state index in [2.05, 4.69) is 5.32 Å². The Balaban J connectivity index is 1.52. The number of para-hydroxylation sites is 1. The first-order valence-electron chi connectivity index (χ1n) is 7.57. The Morgan fingerprint density at radius 2 is 1.83 bits per heavy atom. The molecule has 1 heterocycles. The van der Waals surface area contributed by atoms with Gasteiger partial charge in [0.05, 0.1) is 0 Å². The van der Waals surface area contributed by atoms with Crippen LogP contribution in [0.3, 0.4) is 0 Å². The topological polar surface area (TPSA) is 49.4 Å². The van der Waals surface area contributed by atoms with Crippen LogP contribution in [0.1, 0.15) is 22.3 Å². The Labute approximate surface area is 140 Å². The lowest BCUT2D eigenvalue weighted by Crippen LogP contribution is -2.33. The number of amides is 2. The number of fused-ring (bicyclic) bond motifs is 1. The van der Waals surface area contributed by atoms with E-state index < -0.39 is 0 Å². The number of carbonyl (C=O) groups excluding carboxylic acids is 2. The van der Waals surface area contributed by atoms with Crippen LogP contribution in [0.5, 0.6) is 0 Å². The summed E-state index contributed by atoms with van der Waals surface area (Å²) in [4.78, 5) is 26.1. The molecule has 0 radical (unpaired) electrons. The molecule has 23 heavy (non-hydrogen) atoms. The minimum absolute atomic E-state index is 0.0337. The van der Waals surface area contributed by atoms with E-state index in [-0.39, 0.29) is 18.2 Å². The molecular formula is C18H17ClN2O2. The van der Waals surface area contributed by atoms with Gasteiger partial charge in [-0.2, -0.15) is 0 Å². The van der Waals surface area contributed by atoms with Gasteiger partial charge in [0, 0.05) is 35.8 Å². The van der Waals surface area contributed by atoms with Gasteiger partial charge in [-0.3, -0.25) is 9.59 Å². The van der Waals surface area contributed by atoms with Gasteiger partial charge in [-0.1, -0.05) is 29.8 Å². The highest BCUT2D eigenvalue weighted by atomic mass is 35.5. The first-order valence-corrected chi connectivity index (χ1v) is 7.95. The van der Waals surface area contributed by atoms with Crippen molar-refractivity contribution in [3.63, 3.8) is 0 Å². The second-order valence-electron chi connectivity index (χ2n) is 5.44. The Kier molecular flexibility index (Phi) is 4.63. The Morgan fingerprint density at radius 1 is 1.09 bits per heavy atom. The molecule has 0 unspecified atom stereocenters. The summed E-state index contributed by atoms with van der Waals surface area (Å²) >= 11 is 5.79. The summed E-state index contributed by atoms with van der Waals surface area (Å²) in [5, 5.41) is 3.35. The number of rotatable bonds is 4. The zero-order valence-corrected chi connectivity index (χ0v) is 13.3. The Bertz CT molecular complexity index is 728. The summed E-state index contributed by atoms with van der Waals surface area (Å²) in [6.45, 7) is 1.03. The van der Waals surface area contributed by atoms with Gasteiger partial charge < -0.3 is 10.2 Å². The average Bonchev–Trinajstić information content (AvgIpc) is 2.99. The molecule has 2 aromatic rings. The van der Waals surface area contributed by atoms with E-state index in [4.69, 9.17) is 11.6 Å². The van der Waals surface area contributed by atoms with Crippen molar-refractivity contribution in [2.45, 2.75) is 12.8 Å². The van der Waals surface area contributed by atoms with E-state index in [9.17, 15) is 9.59 Å². The maximum atomic E-state index is 12.3. The van der Waals surface area contributed by atoms with Crippen molar-refractivity contribution in [3.8, 4) is 0 Å². The Morgan fingerprint density at radius 3 is 2.61 bits per heavy atom. The second kappa shape index (κ2) is 6.84. The molecule has 0 saturated carbocycles. The number of hydrogen-bond acceptors (Lipinski definition) is 2. The largest absolute Gasteiger partial charge is 0.352 e. The van der Waals surface area contributed by atoms with Crippen LogP contribution in [-0.4, -0.2) is 24.9 Å². The summed E-state index contributed by atoms with van der Waals surface area (Å²) in [6.07, 6.45) is 1.17. The van der Waals surface area contributed by atoms with Gasteiger partial charge in [-0.15, -0.1) is 0 Å². The fourth-order valence-corrected chi connectivity index (χ4v) is 2.84. The molecular weight excluding hydrogens is 312 g/mol. The number of nitrogens with one attached hydrogen (secondary N) is 1. The first kappa shape index (κ1) is 15.6. The fourth-order valence-electron chi connectivity index (χ4n) is 2.72. The van der Waals surface area contributed by atoms with E-state index in [1.165, 1.54) is 5.56 Å². The fraction of sp³-hybridized carbons (Fsp3) is 0.222. The normalized spacial score (nSPS) is 12.8. The summed E-state index contributed by atoms with van der Waals surface area (Å²) in [5.41, 5.74) is 2.72. The molecule has 2 aromatic carbocycles. The van der Waals surface area contributed by atoms with Crippen LogP contribution in [-0.2, 0) is 11.2 Å². The molecule has 118 valence electrons. The molecule has 0 fully saturated rings. The summed E-state index contributed by atoms with van der Waals surface area (Å²) in [6, 6.07) is 14.6. The molecule has 0 atom stereocenters. The molecule has 5 heteroatoms. The first-order chi connectivity index (χ1) is 11.1. The number of anilines is 1. The predicted octanol–water partition coefficient (Wildman–Crippen LogP) is 3.05. The van der Waals surface area contributed by atoms with Gasteiger partial charge in [0.1, 0.15) is 0 Å². The Hall–Kier alpha value is -2.33. The molecule has 0 aromatic heterocycles. The van der Waals surface area contributed by atoms with Crippen molar-refractivity contribution in [1.29, 1.82) is 0 Å². The van der Waals surface area contributed by atoms with Crippen LogP contribution in [0.4, 0.5) is 5.69 Å². The van der Waals surface area contributed by atoms with Crippen molar-refractivity contribution in [3.05, 3.63) is 64.7 Å². The molecule has 0 spiro atoms. The van der Waals surface area contributed by atoms with Gasteiger partial charge in [0.2, 0.25) is 5.91 Å². The highest BCUT2D eigenvalue weighted by Gasteiger charge is 2.23. The standard InChI is InChI=1S/C18H17ClN2O2/c19-15-7-5-14(6-8-15)18(23)20-11-9-17(22)21-12-10-13-3-1-2-4-16(13)21/h1-8H,9-12H2,(H,20,23). The van der Waals surface area contributed by atoms with Crippen molar-refractivity contribution in [2.75, 3.05) is 18.0 Å². The van der Waals surface area contributed by atoms with Crippen molar-refractivity contribution in [2.24, 2.45) is 0 Å². The SMILES string of the molecule is O=C(NCCC(=O)N1CCc2ccccc21)c1ccc(Cl)cc1. The minimum atomic E-state index is -0.198. The molecule has 0 bridgehead atoms. The molecule has 3 rings (SSSR count). The summed E-state index contributed by atoms with van der Waals surface area (Å²) in [5.74, 6) is -0.164. The van der Waals surface area contributed by atoms with Crippen molar-refractivity contribution >= 4 is 29.1 Å². The zero-order chi connectivity index (χ0) is 16.2. The molecule has 1 aliphatic rings. The van der Waals surface area contributed by atoms with Crippen LogP contribution in [0.25, 0.3) is 0 Å². The lowest BCUT2D eigenvalue weighted by molar-refractivity contribution is -0.118. The zero-order valence-electron chi connectivity index (χ0n) is 12.6. The third-order valence-electron chi connectivity index (χ3n) is 3.92. The van der Waals surface area contributed by atoms with E-state index in [0.717, 1.165) is 12.1 Å². The minimum Gasteiger partial charge on any atom is -0.352 e. The third-order valence-corrected chi connectivity index (χ3v) is 4.17. The molecule has 2 amide bonds. The molecule has 0 aliphatic carbocycles. The van der Waals surface area contributed by atoms with Gasteiger partial charge in [-0.05, 0) is 42.3 Å². The van der Waals surface area contributed by atoms with Gasteiger partial charge >= 0.3 is 0 Å². The van der Waals surface area contributed by atoms with Crippen LogP contribution in [0.15, 0.2) is 48.5 Å². The number of benzene rings is 2. The lowest BCUT2D eigenvalue weighted by atomic mass is 10.2. The average molecular weight is 329 g/mol. The quantitative estimate of drug-likeness (QED) is 0.937. The monoisotopic (exact) mass is 328 g/mol. The predicted molar refractivity (Wildman–Crippen MR) is 90.9 cm³/mol. The van der Waals surface area contributed by atoms with Gasteiger partial charge in [-0.25, -0.2) is 0 Å². The summed E-state index contributed by atoms with van der Waals surface area (Å²) in [7, 11) is 0. The van der Waals surface area contributed by atoms with E-state index in [0.29, 0.717) is 23.7 Å². The number of hydrogen-bond donors (Lipinski definition) is 1. The molecule has 4 nitrogen and oxygen atoms in total. The van der Waals surface area contributed by atoms with Crippen LogP contribution in [0, 0.1) is 0 Å². The maximum Gasteiger partial charge on any atom is 0.251 e. The van der Waals surface area contributed by atoms with Crippen LogP contribution < -0.4 is 10.2 Å². The van der Waals surface area contributed by atoms with E-state index in [1.54, 1.807) is 29.2 Å². The highest BCUT2D eigenvalue weighted by molar-refractivity contribution is 6.30. The molecule has 1 aliphatic heterocycles. The van der Waals surface area contributed by atoms with Crippen LogP contribution >= 0.6 is 11.6 Å². The highest BCUT2D eigenvalue weighted by Crippen LogP contribution is 2.27.